The van der Waals surface area contributed by atoms with Crippen molar-refractivity contribution in [3.8, 4) is 5.75 Å². The number of hydrogen-bond acceptors (Lipinski definition) is 3. The zero-order valence-corrected chi connectivity index (χ0v) is 11.7. The molecule has 0 aliphatic heterocycles. The highest BCUT2D eigenvalue weighted by molar-refractivity contribution is 6.32. The van der Waals surface area contributed by atoms with Gasteiger partial charge in [0.25, 0.3) is 0 Å². The van der Waals surface area contributed by atoms with Crippen molar-refractivity contribution in [3.63, 3.8) is 0 Å². The van der Waals surface area contributed by atoms with Gasteiger partial charge in [-0.3, -0.25) is 10.1 Å². The molecule has 102 valence electrons. The van der Waals surface area contributed by atoms with E-state index in [2.05, 4.69) is 22.2 Å². The summed E-state index contributed by atoms with van der Waals surface area (Å²) in [6, 6.07) is 3.52. The second-order valence-electron chi connectivity index (χ2n) is 4.27. The smallest absolute Gasteiger partial charge is 0.223 e. The molecule has 0 spiro atoms. The second-order valence-corrected chi connectivity index (χ2v) is 4.68. The first kappa shape index (κ1) is 13.7. The molecule has 0 fully saturated rings. The van der Waals surface area contributed by atoms with Crippen molar-refractivity contribution in [2.45, 2.75) is 26.7 Å². The van der Waals surface area contributed by atoms with Crippen LogP contribution in [0.4, 0.5) is 5.95 Å². The van der Waals surface area contributed by atoms with Crippen molar-refractivity contribution in [1.82, 2.24) is 9.97 Å². The summed E-state index contributed by atoms with van der Waals surface area (Å²) in [6.45, 7) is 4.16. The molecular formula is C13H16ClN3O2. The average molecular weight is 282 g/mol. The highest BCUT2D eigenvalue weighted by Crippen LogP contribution is 2.30. The van der Waals surface area contributed by atoms with Crippen LogP contribution in [-0.2, 0) is 4.79 Å². The van der Waals surface area contributed by atoms with E-state index in [1.807, 2.05) is 0 Å². The molecule has 2 rings (SSSR count). The minimum absolute atomic E-state index is 0.176. The summed E-state index contributed by atoms with van der Waals surface area (Å²) in [6.07, 6.45) is 2.04. The Bertz CT molecular complexity index is 595. The number of ether oxygens (including phenoxy) is 1. The van der Waals surface area contributed by atoms with Crippen molar-refractivity contribution >= 4 is 34.5 Å². The van der Waals surface area contributed by atoms with Crippen LogP contribution >= 0.6 is 11.6 Å². The number of anilines is 1. The number of aromatic nitrogens is 2. The Morgan fingerprint density at radius 2 is 2.32 bits per heavy atom. The monoisotopic (exact) mass is 281 g/mol. The van der Waals surface area contributed by atoms with Crippen LogP contribution in [0, 0.1) is 0 Å². The Labute approximate surface area is 116 Å². The van der Waals surface area contributed by atoms with E-state index >= 15 is 0 Å². The summed E-state index contributed by atoms with van der Waals surface area (Å²) in [7, 11) is 0. The number of amides is 1. The quantitative estimate of drug-likeness (QED) is 0.826. The maximum atomic E-state index is 11.0. The summed E-state index contributed by atoms with van der Waals surface area (Å²) in [4.78, 5) is 18.2. The van der Waals surface area contributed by atoms with Gasteiger partial charge in [0.05, 0.1) is 22.7 Å². The molecule has 0 aliphatic carbocycles. The molecule has 2 N–H and O–H groups in total. The lowest BCUT2D eigenvalue weighted by atomic mass is 10.3. The van der Waals surface area contributed by atoms with Crippen molar-refractivity contribution in [1.29, 1.82) is 0 Å². The molecule has 1 heterocycles. The van der Waals surface area contributed by atoms with Gasteiger partial charge in [0.15, 0.2) is 0 Å². The Balaban J connectivity index is 2.25. The lowest BCUT2D eigenvalue weighted by Crippen LogP contribution is -2.06. The van der Waals surface area contributed by atoms with Gasteiger partial charge in [-0.25, -0.2) is 4.98 Å². The lowest BCUT2D eigenvalue weighted by molar-refractivity contribution is -0.114. The zero-order valence-electron chi connectivity index (χ0n) is 10.9. The van der Waals surface area contributed by atoms with Crippen LogP contribution in [0.3, 0.4) is 0 Å². The van der Waals surface area contributed by atoms with Crippen LogP contribution in [0.5, 0.6) is 5.75 Å². The number of carbonyl (C=O) groups excluding carboxylic acids is 1. The second kappa shape index (κ2) is 5.93. The van der Waals surface area contributed by atoms with E-state index < -0.39 is 0 Å². The largest absolute Gasteiger partial charge is 0.492 e. The molecular weight excluding hydrogens is 266 g/mol. The number of hydrogen-bond donors (Lipinski definition) is 2. The van der Waals surface area contributed by atoms with Crippen molar-refractivity contribution in [2.75, 3.05) is 11.9 Å². The van der Waals surface area contributed by atoms with E-state index in [9.17, 15) is 4.79 Å². The molecule has 5 nitrogen and oxygen atoms in total. The van der Waals surface area contributed by atoms with Gasteiger partial charge in [-0.2, -0.15) is 0 Å². The molecule has 0 saturated heterocycles. The first-order chi connectivity index (χ1) is 9.10. The third kappa shape index (κ3) is 3.38. The maximum Gasteiger partial charge on any atom is 0.223 e. The Morgan fingerprint density at radius 3 is 3.00 bits per heavy atom. The Kier molecular flexibility index (Phi) is 4.27. The summed E-state index contributed by atoms with van der Waals surface area (Å²) < 4.78 is 5.60. The summed E-state index contributed by atoms with van der Waals surface area (Å²) >= 11 is 6.14. The molecule has 2 aromatic rings. The number of unbranched alkanes of at least 4 members (excludes halogenated alkanes) is 1. The van der Waals surface area contributed by atoms with E-state index in [1.165, 1.54) is 6.92 Å². The molecule has 0 aliphatic rings. The number of halogens is 1. The standard InChI is InChI=1S/C13H16ClN3O2/c1-3-4-5-19-12-7-11-10(6-9(12)14)16-13(17-11)15-8(2)18/h6-7H,3-5H2,1-2H3,(H2,15,16,17,18). The number of carbonyl (C=O) groups is 1. The summed E-state index contributed by atoms with van der Waals surface area (Å²) in [5, 5.41) is 3.13. The van der Waals surface area contributed by atoms with Gasteiger partial charge in [0.1, 0.15) is 5.75 Å². The van der Waals surface area contributed by atoms with Gasteiger partial charge in [0, 0.05) is 13.0 Å². The third-order valence-electron chi connectivity index (χ3n) is 2.59. The fourth-order valence-corrected chi connectivity index (χ4v) is 1.89. The molecule has 0 saturated carbocycles. The minimum Gasteiger partial charge on any atom is -0.492 e. The number of H-pyrrole nitrogens is 1. The van der Waals surface area contributed by atoms with Gasteiger partial charge < -0.3 is 9.72 Å². The highest BCUT2D eigenvalue weighted by atomic mass is 35.5. The first-order valence-electron chi connectivity index (χ1n) is 6.19. The van der Waals surface area contributed by atoms with Crippen LogP contribution < -0.4 is 10.1 Å². The Morgan fingerprint density at radius 1 is 1.53 bits per heavy atom. The highest BCUT2D eigenvalue weighted by Gasteiger charge is 2.09. The number of benzene rings is 1. The van der Waals surface area contributed by atoms with Crippen molar-refractivity contribution in [2.24, 2.45) is 0 Å². The van der Waals surface area contributed by atoms with Crippen LogP contribution in [0.25, 0.3) is 11.0 Å². The predicted octanol–water partition coefficient (Wildman–Crippen LogP) is 3.35. The molecule has 0 radical (unpaired) electrons. The molecule has 0 atom stereocenters. The van der Waals surface area contributed by atoms with Gasteiger partial charge in [-0.05, 0) is 12.5 Å². The van der Waals surface area contributed by atoms with Crippen LogP contribution in [0.1, 0.15) is 26.7 Å². The minimum atomic E-state index is -0.176. The van der Waals surface area contributed by atoms with E-state index in [0.29, 0.717) is 28.8 Å². The van der Waals surface area contributed by atoms with Crippen molar-refractivity contribution < 1.29 is 9.53 Å². The molecule has 0 bridgehead atoms. The molecule has 6 heteroatoms. The van der Waals surface area contributed by atoms with E-state index in [0.717, 1.165) is 18.4 Å². The predicted molar refractivity (Wildman–Crippen MR) is 75.8 cm³/mol. The van der Waals surface area contributed by atoms with Crippen LogP contribution in [0.2, 0.25) is 5.02 Å². The molecule has 19 heavy (non-hydrogen) atoms. The Hall–Kier alpha value is -1.75. The van der Waals surface area contributed by atoms with E-state index in [1.54, 1.807) is 12.1 Å². The maximum absolute atomic E-state index is 11.0. The first-order valence-corrected chi connectivity index (χ1v) is 6.57. The molecule has 1 aromatic carbocycles. The van der Waals surface area contributed by atoms with Crippen molar-refractivity contribution in [3.05, 3.63) is 17.2 Å². The SMILES string of the molecule is CCCCOc1cc2nc(NC(C)=O)[nH]c2cc1Cl. The number of rotatable bonds is 5. The number of fused-ring (bicyclic) bond motifs is 1. The summed E-state index contributed by atoms with van der Waals surface area (Å²) in [5.74, 6) is 0.845. The van der Waals surface area contributed by atoms with Gasteiger partial charge in [0.2, 0.25) is 11.9 Å². The fraction of sp³-hybridized carbons (Fsp3) is 0.385. The summed E-state index contributed by atoms with van der Waals surface area (Å²) in [5.41, 5.74) is 1.47. The molecule has 0 unspecified atom stereocenters. The van der Waals surface area contributed by atoms with Gasteiger partial charge >= 0.3 is 0 Å². The van der Waals surface area contributed by atoms with E-state index in [-0.39, 0.29) is 5.91 Å². The zero-order chi connectivity index (χ0) is 13.8. The normalized spacial score (nSPS) is 10.7. The molecule has 1 aromatic heterocycles. The number of imidazole rings is 1. The number of nitrogens with one attached hydrogen (secondary N) is 2. The fourth-order valence-electron chi connectivity index (χ4n) is 1.67. The lowest BCUT2D eigenvalue weighted by Gasteiger charge is -2.06. The van der Waals surface area contributed by atoms with Crippen LogP contribution in [-0.4, -0.2) is 22.5 Å². The number of aromatic amines is 1. The van der Waals surface area contributed by atoms with E-state index in [4.69, 9.17) is 16.3 Å². The number of nitrogens with zero attached hydrogens (tertiary/aromatic N) is 1. The van der Waals surface area contributed by atoms with Gasteiger partial charge in [-0.1, -0.05) is 24.9 Å². The third-order valence-corrected chi connectivity index (χ3v) is 2.88. The average Bonchev–Trinajstić information content (AvgIpc) is 2.69. The molecule has 1 amide bonds. The van der Waals surface area contributed by atoms with Crippen LogP contribution in [0.15, 0.2) is 12.1 Å². The van der Waals surface area contributed by atoms with Gasteiger partial charge in [-0.15, -0.1) is 0 Å². The topological polar surface area (TPSA) is 67.0 Å².